The second kappa shape index (κ2) is 14.1. The van der Waals surface area contributed by atoms with Crippen molar-refractivity contribution in [1.82, 2.24) is 4.90 Å². The van der Waals surface area contributed by atoms with E-state index in [9.17, 15) is 19.2 Å². The van der Waals surface area contributed by atoms with E-state index in [-0.39, 0.29) is 49.6 Å². The van der Waals surface area contributed by atoms with Gasteiger partial charge in [-0.25, -0.2) is 5.26 Å². The lowest BCUT2D eigenvalue weighted by atomic mass is 9.97. The fourth-order valence-corrected chi connectivity index (χ4v) is 6.45. The second-order valence-electron chi connectivity index (χ2n) is 9.76. The minimum atomic E-state index is -0.439. The van der Waals surface area contributed by atoms with Gasteiger partial charge in [-0.2, -0.15) is 0 Å². The summed E-state index contributed by atoms with van der Waals surface area (Å²) in [5, 5.41) is 22.1. The molecule has 218 valence electrons. The van der Waals surface area contributed by atoms with Gasteiger partial charge in [0, 0.05) is 48.5 Å². The molecule has 1 fully saturated rings. The lowest BCUT2D eigenvalue weighted by molar-refractivity contribution is -0.432. The van der Waals surface area contributed by atoms with Crippen molar-refractivity contribution >= 4 is 58.9 Å². The van der Waals surface area contributed by atoms with E-state index in [4.69, 9.17) is 15.4 Å². The van der Waals surface area contributed by atoms with Crippen LogP contribution in [0.1, 0.15) is 56.6 Å². The first kappa shape index (κ1) is 30.7. The van der Waals surface area contributed by atoms with Gasteiger partial charge >= 0.3 is 5.97 Å². The zero-order valence-electron chi connectivity index (χ0n) is 22.6. The molecule has 41 heavy (non-hydrogen) atoms. The highest BCUT2D eigenvalue weighted by atomic mass is 32.2. The average molecular weight is 602 g/mol. The van der Waals surface area contributed by atoms with E-state index in [1.807, 2.05) is 24.3 Å². The van der Waals surface area contributed by atoms with Crippen LogP contribution >= 0.6 is 23.8 Å². The molecule has 3 amide bonds. The number of carbonyl (C=O) groups is 4. The molecule has 3 N–H and O–H groups in total. The van der Waals surface area contributed by atoms with E-state index in [0.717, 1.165) is 45.6 Å². The predicted molar refractivity (Wildman–Crippen MR) is 154 cm³/mol. The van der Waals surface area contributed by atoms with E-state index >= 15 is 0 Å². The Morgan fingerprint density at radius 3 is 2.54 bits per heavy atom. The van der Waals surface area contributed by atoms with Crippen molar-refractivity contribution in [2.45, 2.75) is 55.6 Å². The molecular formula is C28H31N3O8S2. The number of fused-ring (bicyclic) bond motifs is 3. The van der Waals surface area contributed by atoms with E-state index in [1.165, 1.54) is 18.7 Å². The van der Waals surface area contributed by atoms with E-state index in [1.54, 1.807) is 19.1 Å². The molecular weight excluding hydrogens is 570 g/mol. The molecule has 0 radical (unpaired) electrons. The number of nitrogens with one attached hydrogen (secondary N) is 2. The van der Waals surface area contributed by atoms with Gasteiger partial charge in [-0.1, -0.05) is 17.2 Å². The van der Waals surface area contributed by atoms with Crippen molar-refractivity contribution in [3.8, 4) is 11.1 Å². The number of likely N-dealkylation sites (tertiary alicyclic amines) is 1. The number of thioether (sulfide) groups is 1. The van der Waals surface area contributed by atoms with Gasteiger partial charge in [-0.3, -0.25) is 24.1 Å². The van der Waals surface area contributed by atoms with Crippen LogP contribution in [0.5, 0.6) is 0 Å². The number of benzene rings is 2. The SMILES string of the molecule is CC(=N)CCCSC1CC(=O)N(CCC(=O)Nc2ccc3c(c2)C(COC(C)=O)c2cc(SOOO)ccc2-3)C1=O. The maximum Gasteiger partial charge on any atom is 0.302 e. The number of amides is 3. The number of esters is 1. The van der Waals surface area contributed by atoms with Crippen LogP contribution in [0, 0.1) is 5.41 Å². The Hall–Kier alpha value is -3.23. The Morgan fingerprint density at radius 1 is 1.10 bits per heavy atom. The van der Waals surface area contributed by atoms with Crippen LogP contribution in [-0.2, 0) is 33.3 Å². The van der Waals surface area contributed by atoms with Crippen LogP contribution in [-0.4, -0.2) is 63.7 Å². The normalized spacial score (nSPS) is 17.4. The van der Waals surface area contributed by atoms with Crippen molar-refractivity contribution in [2.75, 3.05) is 24.2 Å². The molecule has 11 nitrogen and oxygen atoms in total. The molecule has 0 saturated carbocycles. The van der Waals surface area contributed by atoms with Crippen molar-refractivity contribution in [2.24, 2.45) is 0 Å². The smallest absolute Gasteiger partial charge is 0.302 e. The minimum absolute atomic E-state index is 0.00565. The molecule has 2 aromatic carbocycles. The highest BCUT2D eigenvalue weighted by Gasteiger charge is 2.38. The largest absolute Gasteiger partial charge is 0.465 e. The topological polar surface area (TPSA) is 155 Å². The summed E-state index contributed by atoms with van der Waals surface area (Å²) in [5.41, 5.74) is 4.75. The number of imide groups is 1. The third-order valence-electron chi connectivity index (χ3n) is 6.79. The molecule has 1 saturated heterocycles. The molecule has 13 heteroatoms. The molecule has 1 aliphatic carbocycles. The summed E-state index contributed by atoms with van der Waals surface area (Å²) in [6, 6.07) is 11.0. The van der Waals surface area contributed by atoms with E-state index in [0.29, 0.717) is 28.5 Å². The molecule has 2 aromatic rings. The Bertz CT molecular complexity index is 1350. The van der Waals surface area contributed by atoms with Gasteiger partial charge in [0.05, 0.1) is 17.3 Å². The van der Waals surface area contributed by atoms with Crippen molar-refractivity contribution in [3.05, 3.63) is 47.5 Å². The van der Waals surface area contributed by atoms with Crippen LogP contribution in [0.25, 0.3) is 11.1 Å². The van der Waals surface area contributed by atoms with Crippen LogP contribution in [0.4, 0.5) is 5.69 Å². The fourth-order valence-electron chi connectivity index (χ4n) is 4.92. The molecule has 0 aromatic heterocycles. The fraction of sp³-hybridized carbons (Fsp3) is 0.393. The Kier molecular flexibility index (Phi) is 10.6. The Balaban J connectivity index is 1.39. The second-order valence-corrected chi connectivity index (χ2v) is 11.8. The maximum atomic E-state index is 12.8. The number of hydrogen-bond acceptors (Lipinski definition) is 11. The molecule has 0 spiro atoms. The summed E-state index contributed by atoms with van der Waals surface area (Å²) in [6.45, 7) is 3.18. The summed E-state index contributed by atoms with van der Waals surface area (Å²) in [6.07, 6.45) is 1.54. The van der Waals surface area contributed by atoms with Crippen LogP contribution in [0.2, 0.25) is 0 Å². The highest BCUT2D eigenvalue weighted by molar-refractivity contribution is 8.00. The van der Waals surface area contributed by atoms with E-state index in [2.05, 4.69) is 14.7 Å². The lowest BCUT2D eigenvalue weighted by Crippen LogP contribution is -2.34. The van der Waals surface area contributed by atoms with E-state index < -0.39 is 11.2 Å². The molecule has 0 bridgehead atoms. The monoisotopic (exact) mass is 601 g/mol. The van der Waals surface area contributed by atoms with Crippen LogP contribution < -0.4 is 5.32 Å². The highest BCUT2D eigenvalue weighted by Crippen LogP contribution is 2.47. The number of ether oxygens (including phenoxy) is 1. The number of rotatable bonds is 14. The van der Waals surface area contributed by atoms with Crippen molar-refractivity contribution in [3.63, 3.8) is 0 Å². The molecule has 2 aliphatic rings. The van der Waals surface area contributed by atoms with Crippen LogP contribution in [0.3, 0.4) is 0 Å². The average Bonchev–Trinajstić information content (AvgIpc) is 3.38. The first-order valence-electron chi connectivity index (χ1n) is 13.0. The van der Waals surface area contributed by atoms with Gasteiger partial charge in [-0.15, -0.1) is 16.1 Å². The Morgan fingerprint density at radius 2 is 1.83 bits per heavy atom. The summed E-state index contributed by atoms with van der Waals surface area (Å²) in [5.74, 6) is -0.902. The van der Waals surface area contributed by atoms with Gasteiger partial charge in [-0.05, 0) is 72.0 Å². The van der Waals surface area contributed by atoms with Gasteiger partial charge in [0.1, 0.15) is 6.61 Å². The summed E-state index contributed by atoms with van der Waals surface area (Å²) in [4.78, 5) is 51.4. The number of hydrogen-bond donors (Lipinski definition) is 3. The first-order valence-corrected chi connectivity index (χ1v) is 14.8. The van der Waals surface area contributed by atoms with Gasteiger partial charge in [0.25, 0.3) is 0 Å². The number of anilines is 1. The minimum Gasteiger partial charge on any atom is -0.465 e. The molecule has 2 unspecified atom stereocenters. The molecule has 1 heterocycles. The lowest BCUT2D eigenvalue weighted by Gasteiger charge is -2.16. The first-order chi connectivity index (χ1) is 19.7. The third-order valence-corrected chi connectivity index (χ3v) is 8.66. The molecule has 4 rings (SSSR count). The summed E-state index contributed by atoms with van der Waals surface area (Å²) in [7, 11) is 0. The molecule has 2 atom stereocenters. The Labute approximate surface area is 245 Å². The summed E-state index contributed by atoms with van der Waals surface area (Å²) >= 11 is 2.26. The van der Waals surface area contributed by atoms with Gasteiger partial charge in [0.2, 0.25) is 17.7 Å². The van der Waals surface area contributed by atoms with Gasteiger partial charge in [0.15, 0.2) is 0 Å². The van der Waals surface area contributed by atoms with Crippen LogP contribution in [0.15, 0.2) is 41.3 Å². The summed E-state index contributed by atoms with van der Waals surface area (Å²) < 4.78 is 9.88. The quantitative estimate of drug-likeness (QED) is 0.0523. The maximum absolute atomic E-state index is 12.8. The molecule has 1 aliphatic heterocycles. The number of nitrogens with zero attached hydrogens (tertiary/aromatic N) is 1. The third kappa shape index (κ3) is 7.74. The van der Waals surface area contributed by atoms with Crippen molar-refractivity contribution in [1.29, 1.82) is 5.41 Å². The zero-order chi connectivity index (χ0) is 29.5. The predicted octanol–water partition coefficient (Wildman–Crippen LogP) is 4.80. The van der Waals surface area contributed by atoms with Crippen molar-refractivity contribution < 1.29 is 38.5 Å². The standard InChI is InChI=1S/C28H31N3O8S2/c1-16(29)4-3-11-40-25-14-27(34)31(28(25)35)10-9-26(33)30-18-5-7-20-21-8-6-19(41-39-38-36)13-23(21)24(22(20)12-18)15-37-17(2)32/h5-8,12-13,24-25,29,36H,3-4,9-11,14-15H2,1-2H3,(H,30,33). The number of carbonyl (C=O) groups excluding carboxylic acids is 4. The van der Waals surface area contributed by atoms with Gasteiger partial charge < -0.3 is 15.5 Å². The zero-order valence-corrected chi connectivity index (χ0v) is 24.3.